The molecule has 0 spiro atoms. The third kappa shape index (κ3) is 2.91. The zero-order valence-corrected chi connectivity index (χ0v) is 10.8. The summed E-state index contributed by atoms with van der Waals surface area (Å²) in [7, 11) is 0. The molecule has 100 valence electrons. The van der Waals surface area contributed by atoms with Crippen LogP contribution in [0.25, 0.3) is 0 Å². The number of morpholine rings is 1. The highest BCUT2D eigenvalue weighted by molar-refractivity contribution is 5.84. The lowest BCUT2D eigenvalue weighted by Gasteiger charge is -2.37. The summed E-state index contributed by atoms with van der Waals surface area (Å²) >= 11 is 0. The van der Waals surface area contributed by atoms with Gasteiger partial charge in [-0.1, -0.05) is 6.92 Å². The Hall–Kier alpha value is -1.33. The summed E-state index contributed by atoms with van der Waals surface area (Å²) in [6.07, 6.45) is 1.22. The molecule has 5 nitrogen and oxygen atoms in total. The summed E-state index contributed by atoms with van der Waals surface area (Å²) < 4.78 is 10.9. The molecular weight excluding hydrogens is 234 g/mol. The average Bonchev–Trinajstić information content (AvgIpc) is 2.78. The fourth-order valence-corrected chi connectivity index (χ4v) is 2.26. The maximum Gasteiger partial charge on any atom is 0.371 e. The average molecular weight is 253 g/mol. The lowest BCUT2D eigenvalue weighted by atomic mass is 10.1. The molecule has 1 aromatic heterocycles. The van der Waals surface area contributed by atoms with Crippen LogP contribution in [0.1, 0.15) is 36.6 Å². The second-order valence-corrected chi connectivity index (χ2v) is 4.71. The van der Waals surface area contributed by atoms with Gasteiger partial charge in [-0.3, -0.25) is 4.90 Å². The van der Waals surface area contributed by atoms with Crippen LogP contribution in [0.3, 0.4) is 0 Å². The van der Waals surface area contributed by atoms with Crippen molar-refractivity contribution >= 4 is 5.97 Å². The van der Waals surface area contributed by atoms with Gasteiger partial charge in [-0.2, -0.15) is 0 Å². The van der Waals surface area contributed by atoms with Crippen molar-refractivity contribution in [1.29, 1.82) is 0 Å². The van der Waals surface area contributed by atoms with Crippen LogP contribution in [0.15, 0.2) is 16.5 Å². The lowest BCUT2D eigenvalue weighted by molar-refractivity contribution is -0.0611. The number of aromatic carboxylic acids is 1. The number of ether oxygens (including phenoxy) is 1. The van der Waals surface area contributed by atoms with Gasteiger partial charge < -0.3 is 14.3 Å². The molecule has 0 bridgehead atoms. The van der Waals surface area contributed by atoms with Gasteiger partial charge >= 0.3 is 5.97 Å². The summed E-state index contributed by atoms with van der Waals surface area (Å²) in [6.45, 7) is 6.39. The summed E-state index contributed by atoms with van der Waals surface area (Å²) in [5.41, 5.74) is 0. The predicted octanol–water partition coefficient (Wildman–Crippen LogP) is 1.98. The first-order chi connectivity index (χ1) is 8.60. The molecule has 1 saturated heterocycles. The lowest BCUT2D eigenvalue weighted by Crippen LogP contribution is -2.47. The van der Waals surface area contributed by atoms with Gasteiger partial charge in [0.1, 0.15) is 5.76 Å². The maximum absolute atomic E-state index is 10.8. The predicted molar refractivity (Wildman–Crippen MR) is 65.6 cm³/mol. The summed E-state index contributed by atoms with van der Waals surface area (Å²) in [5.74, 6) is -0.331. The fourth-order valence-electron chi connectivity index (χ4n) is 2.26. The van der Waals surface area contributed by atoms with Gasteiger partial charge in [-0.15, -0.1) is 0 Å². The molecule has 2 rings (SSSR count). The Labute approximate surface area is 106 Å². The van der Waals surface area contributed by atoms with E-state index in [1.807, 2.05) is 6.92 Å². The number of nitrogens with zero attached hydrogens (tertiary/aromatic N) is 1. The van der Waals surface area contributed by atoms with Gasteiger partial charge in [-0.05, 0) is 25.5 Å². The summed E-state index contributed by atoms with van der Waals surface area (Å²) in [5, 5.41) is 8.82. The Bertz CT molecular complexity index is 415. The van der Waals surface area contributed by atoms with Crippen molar-refractivity contribution in [1.82, 2.24) is 4.90 Å². The van der Waals surface area contributed by atoms with Crippen molar-refractivity contribution in [2.24, 2.45) is 0 Å². The molecule has 1 fully saturated rings. The van der Waals surface area contributed by atoms with Crippen LogP contribution < -0.4 is 0 Å². The molecule has 0 radical (unpaired) electrons. The van der Waals surface area contributed by atoms with Crippen LogP contribution >= 0.6 is 0 Å². The minimum Gasteiger partial charge on any atom is -0.475 e. The van der Waals surface area contributed by atoms with Crippen LogP contribution in [0.2, 0.25) is 0 Å². The number of carbonyl (C=O) groups is 1. The molecule has 1 aliphatic heterocycles. The molecular formula is C13H19NO4. The van der Waals surface area contributed by atoms with E-state index in [0.717, 1.165) is 19.6 Å². The van der Waals surface area contributed by atoms with Crippen LogP contribution in [0, 0.1) is 0 Å². The zero-order chi connectivity index (χ0) is 13.1. The highest BCUT2D eigenvalue weighted by atomic mass is 16.5. The zero-order valence-electron chi connectivity index (χ0n) is 10.8. The van der Waals surface area contributed by atoms with E-state index in [4.69, 9.17) is 14.3 Å². The second-order valence-electron chi connectivity index (χ2n) is 4.71. The molecule has 5 heteroatoms. The monoisotopic (exact) mass is 253 g/mol. The van der Waals surface area contributed by atoms with Gasteiger partial charge in [0.15, 0.2) is 0 Å². The number of hydrogen-bond donors (Lipinski definition) is 1. The van der Waals surface area contributed by atoms with Crippen molar-refractivity contribution < 1.29 is 19.1 Å². The molecule has 0 amide bonds. The molecule has 0 saturated carbocycles. The molecule has 1 aliphatic rings. The molecule has 0 aliphatic carbocycles. The topological polar surface area (TPSA) is 62.9 Å². The van der Waals surface area contributed by atoms with E-state index in [-0.39, 0.29) is 11.9 Å². The van der Waals surface area contributed by atoms with E-state index in [2.05, 4.69) is 11.8 Å². The van der Waals surface area contributed by atoms with Crippen LogP contribution in [-0.4, -0.2) is 41.3 Å². The van der Waals surface area contributed by atoms with Crippen LogP contribution in [0.5, 0.6) is 0 Å². The molecule has 2 atom stereocenters. The van der Waals surface area contributed by atoms with Crippen molar-refractivity contribution in [3.8, 4) is 0 Å². The van der Waals surface area contributed by atoms with Crippen LogP contribution in [0.4, 0.5) is 0 Å². The van der Waals surface area contributed by atoms with Crippen molar-refractivity contribution in [2.45, 2.75) is 39.0 Å². The standard InChI is InChI=1S/C13H19NO4/c1-3-10-8-17-9(2)6-14(10)7-11-4-5-12(18-11)13(15)16/h4-5,9-10H,3,6-8H2,1-2H3,(H,15,16). The molecule has 0 aromatic carbocycles. The van der Waals surface area contributed by atoms with E-state index in [0.29, 0.717) is 18.3 Å². The van der Waals surface area contributed by atoms with Gasteiger partial charge in [0, 0.05) is 12.6 Å². The first kappa shape index (κ1) is 13.1. The highest BCUT2D eigenvalue weighted by Crippen LogP contribution is 2.19. The van der Waals surface area contributed by atoms with Crippen molar-refractivity contribution in [2.75, 3.05) is 13.2 Å². The molecule has 1 aromatic rings. The Morgan fingerprint density at radius 1 is 1.56 bits per heavy atom. The summed E-state index contributed by atoms with van der Waals surface area (Å²) in [4.78, 5) is 13.0. The Kier molecular flexibility index (Phi) is 4.04. The largest absolute Gasteiger partial charge is 0.475 e. The van der Waals surface area contributed by atoms with Gasteiger partial charge in [-0.25, -0.2) is 4.79 Å². The van der Waals surface area contributed by atoms with E-state index in [1.165, 1.54) is 6.07 Å². The number of carboxylic acids is 1. The third-order valence-electron chi connectivity index (χ3n) is 3.28. The third-order valence-corrected chi connectivity index (χ3v) is 3.28. The van der Waals surface area contributed by atoms with Crippen molar-refractivity contribution in [3.05, 3.63) is 23.7 Å². The Morgan fingerprint density at radius 3 is 2.94 bits per heavy atom. The van der Waals surface area contributed by atoms with Crippen molar-refractivity contribution in [3.63, 3.8) is 0 Å². The smallest absolute Gasteiger partial charge is 0.371 e. The molecule has 2 heterocycles. The minimum atomic E-state index is -1.02. The van der Waals surface area contributed by atoms with E-state index in [1.54, 1.807) is 6.07 Å². The van der Waals surface area contributed by atoms with Gasteiger partial charge in [0.05, 0.1) is 19.3 Å². The molecule has 18 heavy (non-hydrogen) atoms. The molecule has 2 unspecified atom stereocenters. The van der Waals surface area contributed by atoms with Gasteiger partial charge in [0.2, 0.25) is 5.76 Å². The van der Waals surface area contributed by atoms with Crippen LogP contribution in [-0.2, 0) is 11.3 Å². The minimum absolute atomic E-state index is 0.000596. The molecule has 1 N–H and O–H groups in total. The first-order valence-corrected chi connectivity index (χ1v) is 6.27. The second kappa shape index (κ2) is 5.54. The quantitative estimate of drug-likeness (QED) is 0.889. The van der Waals surface area contributed by atoms with E-state index >= 15 is 0 Å². The Balaban J connectivity index is 2.03. The fraction of sp³-hybridized carbons (Fsp3) is 0.615. The first-order valence-electron chi connectivity index (χ1n) is 6.27. The normalized spacial score (nSPS) is 25.2. The van der Waals surface area contributed by atoms with E-state index < -0.39 is 5.97 Å². The number of furan rings is 1. The summed E-state index contributed by atoms with van der Waals surface area (Å²) in [6, 6.07) is 3.61. The van der Waals surface area contributed by atoms with E-state index in [9.17, 15) is 4.79 Å². The SMILES string of the molecule is CCC1COC(C)CN1Cc1ccc(C(=O)O)o1. The maximum atomic E-state index is 10.8. The number of rotatable bonds is 4. The number of hydrogen-bond acceptors (Lipinski definition) is 4. The van der Waals surface area contributed by atoms with Gasteiger partial charge in [0.25, 0.3) is 0 Å². The number of carboxylic acid groups (broad SMARTS) is 1. The highest BCUT2D eigenvalue weighted by Gasteiger charge is 2.26. The Morgan fingerprint density at radius 2 is 2.33 bits per heavy atom.